The number of carbonyl (C=O) groups excluding carboxylic acids is 1. The maximum atomic E-state index is 11.6. The minimum Gasteiger partial charge on any atom is -0.472 e. The van der Waals surface area contributed by atoms with Crippen LogP contribution in [0, 0.1) is 0 Å². The molecule has 1 atom stereocenters. The average Bonchev–Trinajstić information content (AvgIpc) is 2.94. The van der Waals surface area contributed by atoms with Gasteiger partial charge in [-0.15, -0.1) is 0 Å². The number of anilines is 1. The van der Waals surface area contributed by atoms with Crippen molar-refractivity contribution in [3.05, 3.63) is 52.9 Å². The predicted molar refractivity (Wildman–Crippen MR) is 75.6 cm³/mol. The molecule has 0 spiro atoms. The van der Waals surface area contributed by atoms with Gasteiger partial charge in [-0.2, -0.15) is 0 Å². The van der Waals surface area contributed by atoms with E-state index in [4.69, 9.17) is 16.0 Å². The minimum absolute atomic E-state index is 0.0381. The molecule has 5 heteroatoms. The van der Waals surface area contributed by atoms with Crippen LogP contribution in [0.1, 0.15) is 28.9 Å². The van der Waals surface area contributed by atoms with E-state index < -0.39 is 0 Å². The number of furan rings is 1. The van der Waals surface area contributed by atoms with Crippen molar-refractivity contribution in [2.24, 2.45) is 0 Å². The van der Waals surface area contributed by atoms with E-state index in [1.165, 1.54) is 0 Å². The zero-order valence-electron chi connectivity index (χ0n) is 10.7. The number of hydrogen-bond acceptors (Lipinski definition) is 3. The largest absolute Gasteiger partial charge is 0.472 e. The lowest BCUT2D eigenvalue weighted by Crippen LogP contribution is -2.18. The molecule has 19 heavy (non-hydrogen) atoms. The van der Waals surface area contributed by atoms with Crippen LogP contribution in [0.3, 0.4) is 0 Å². The van der Waals surface area contributed by atoms with Gasteiger partial charge in [0.1, 0.15) is 0 Å². The molecule has 100 valence electrons. The summed E-state index contributed by atoms with van der Waals surface area (Å²) in [5.41, 5.74) is 2.30. The van der Waals surface area contributed by atoms with Crippen LogP contribution < -0.4 is 10.6 Å². The summed E-state index contributed by atoms with van der Waals surface area (Å²) in [6, 6.07) is 7.05. The molecular weight excluding hydrogens is 264 g/mol. The summed E-state index contributed by atoms with van der Waals surface area (Å²) in [6.45, 7) is 1.99. The second kappa shape index (κ2) is 5.80. The summed E-state index contributed by atoms with van der Waals surface area (Å²) >= 11 is 6.13. The van der Waals surface area contributed by atoms with Crippen molar-refractivity contribution in [2.75, 3.05) is 12.4 Å². The van der Waals surface area contributed by atoms with Crippen molar-refractivity contribution in [1.82, 2.24) is 5.32 Å². The molecule has 2 aromatic rings. The molecule has 2 N–H and O–H groups in total. The fourth-order valence-electron chi connectivity index (χ4n) is 1.76. The normalized spacial score (nSPS) is 11.9. The quantitative estimate of drug-likeness (QED) is 0.900. The Kier molecular flexibility index (Phi) is 4.12. The van der Waals surface area contributed by atoms with Crippen LogP contribution in [0.2, 0.25) is 5.02 Å². The van der Waals surface area contributed by atoms with Gasteiger partial charge in [0.05, 0.1) is 29.3 Å². The average molecular weight is 279 g/mol. The molecule has 1 aromatic heterocycles. The Morgan fingerprint density at radius 3 is 2.79 bits per heavy atom. The van der Waals surface area contributed by atoms with Gasteiger partial charge in [0.25, 0.3) is 5.91 Å². The van der Waals surface area contributed by atoms with Crippen molar-refractivity contribution in [1.29, 1.82) is 0 Å². The molecule has 0 aliphatic carbocycles. The van der Waals surface area contributed by atoms with Gasteiger partial charge in [-0.1, -0.05) is 11.6 Å². The summed E-state index contributed by atoms with van der Waals surface area (Å²) in [7, 11) is 1.60. The van der Waals surface area contributed by atoms with Gasteiger partial charge < -0.3 is 15.1 Å². The number of halogens is 1. The predicted octanol–water partition coefficient (Wildman–Crippen LogP) is 3.47. The first-order valence-corrected chi connectivity index (χ1v) is 6.30. The van der Waals surface area contributed by atoms with Crippen LogP contribution in [0.15, 0.2) is 41.2 Å². The number of carbonyl (C=O) groups is 1. The summed E-state index contributed by atoms with van der Waals surface area (Å²) in [6.07, 6.45) is 3.30. The molecule has 0 saturated heterocycles. The molecule has 1 amide bonds. The van der Waals surface area contributed by atoms with E-state index in [2.05, 4.69) is 10.6 Å². The summed E-state index contributed by atoms with van der Waals surface area (Å²) < 4.78 is 5.05. The highest BCUT2D eigenvalue weighted by Gasteiger charge is 2.11. The third-order valence-electron chi connectivity index (χ3n) is 2.87. The van der Waals surface area contributed by atoms with E-state index in [9.17, 15) is 4.79 Å². The first-order chi connectivity index (χ1) is 9.11. The second-order valence-corrected chi connectivity index (χ2v) is 4.60. The summed E-state index contributed by atoms with van der Waals surface area (Å²) in [4.78, 5) is 11.6. The molecule has 0 fully saturated rings. The lowest BCUT2D eigenvalue weighted by atomic mass is 10.1. The third-order valence-corrected chi connectivity index (χ3v) is 3.20. The van der Waals surface area contributed by atoms with E-state index in [1.807, 2.05) is 13.0 Å². The van der Waals surface area contributed by atoms with Crippen LogP contribution in [0.4, 0.5) is 5.69 Å². The monoisotopic (exact) mass is 278 g/mol. The molecule has 1 unspecified atom stereocenters. The van der Waals surface area contributed by atoms with Gasteiger partial charge in [0.15, 0.2) is 0 Å². The molecule has 1 heterocycles. The standard InChI is InChI=1S/C14H15ClN2O2/c1-9(11-5-6-19-8-11)17-13-7-10(14(18)16-2)3-4-12(13)15/h3-9,17H,1-2H3,(H,16,18). The molecule has 2 rings (SSSR count). The lowest BCUT2D eigenvalue weighted by Gasteiger charge is -2.15. The first-order valence-electron chi connectivity index (χ1n) is 5.92. The molecular formula is C14H15ClN2O2. The molecule has 0 aliphatic heterocycles. The number of amides is 1. The Balaban J connectivity index is 2.22. The highest BCUT2D eigenvalue weighted by atomic mass is 35.5. The van der Waals surface area contributed by atoms with E-state index in [0.29, 0.717) is 10.6 Å². The smallest absolute Gasteiger partial charge is 0.251 e. The van der Waals surface area contributed by atoms with Gasteiger partial charge in [-0.05, 0) is 31.2 Å². The van der Waals surface area contributed by atoms with Crippen molar-refractivity contribution in [3.8, 4) is 0 Å². The number of nitrogens with one attached hydrogen (secondary N) is 2. The van der Waals surface area contributed by atoms with Crippen molar-refractivity contribution >= 4 is 23.2 Å². The molecule has 0 aliphatic rings. The molecule has 4 nitrogen and oxygen atoms in total. The second-order valence-electron chi connectivity index (χ2n) is 4.20. The van der Waals surface area contributed by atoms with Gasteiger partial charge >= 0.3 is 0 Å². The Labute approximate surface area is 116 Å². The van der Waals surface area contributed by atoms with Gasteiger partial charge in [-0.3, -0.25) is 4.79 Å². The number of hydrogen-bond donors (Lipinski definition) is 2. The number of rotatable bonds is 4. The Morgan fingerprint density at radius 1 is 1.37 bits per heavy atom. The Bertz CT molecular complexity index is 567. The third kappa shape index (κ3) is 3.09. The fourth-order valence-corrected chi connectivity index (χ4v) is 1.93. The van der Waals surface area contributed by atoms with Gasteiger partial charge in [0.2, 0.25) is 0 Å². The molecule has 1 aromatic carbocycles. The molecule has 0 saturated carbocycles. The molecule has 0 bridgehead atoms. The fraction of sp³-hybridized carbons (Fsp3) is 0.214. The van der Waals surface area contributed by atoms with Crippen molar-refractivity contribution in [3.63, 3.8) is 0 Å². The SMILES string of the molecule is CNC(=O)c1ccc(Cl)c(NC(C)c2ccoc2)c1. The highest BCUT2D eigenvalue weighted by molar-refractivity contribution is 6.33. The zero-order valence-corrected chi connectivity index (χ0v) is 11.5. The lowest BCUT2D eigenvalue weighted by molar-refractivity contribution is 0.0963. The van der Waals surface area contributed by atoms with Gasteiger partial charge in [-0.25, -0.2) is 0 Å². The summed E-state index contributed by atoms with van der Waals surface area (Å²) in [5, 5.41) is 6.42. The Hall–Kier alpha value is -1.94. The van der Waals surface area contributed by atoms with E-state index in [-0.39, 0.29) is 11.9 Å². The van der Waals surface area contributed by atoms with Crippen LogP contribution in [0.25, 0.3) is 0 Å². The van der Waals surface area contributed by atoms with Crippen LogP contribution in [-0.2, 0) is 0 Å². The zero-order chi connectivity index (χ0) is 13.8. The van der Waals surface area contributed by atoms with E-state index in [1.54, 1.807) is 37.8 Å². The topological polar surface area (TPSA) is 54.3 Å². The van der Waals surface area contributed by atoms with E-state index in [0.717, 1.165) is 11.3 Å². The van der Waals surface area contributed by atoms with Crippen LogP contribution >= 0.6 is 11.6 Å². The highest BCUT2D eigenvalue weighted by Crippen LogP contribution is 2.27. The molecule has 0 radical (unpaired) electrons. The van der Waals surface area contributed by atoms with Crippen molar-refractivity contribution < 1.29 is 9.21 Å². The maximum Gasteiger partial charge on any atom is 0.251 e. The van der Waals surface area contributed by atoms with Gasteiger partial charge in [0, 0.05) is 18.2 Å². The van der Waals surface area contributed by atoms with E-state index >= 15 is 0 Å². The summed E-state index contributed by atoms with van der Waals surface area (Å²) in [5.74, 6) is -0.143. The minimum atomic E-state index is -0.143. The number of benzene rings is 1. The van der Waals surface area contributed by atoms with Crippen LogP contribution in [-0.4, -0.2) is 13.0 Å². The van der Waals surface area contributed by atoms with Crippen molar-refractivity contribution in [2.45, 2.75) is 13.0 Å². The first kappa shape index (κ1) is 13.5. The van der Waals surface area contributed by atoms with Crippen LogP contribution in [0.5, 0.6) is 0 Å². The maximum absolute atomic E-state index is 11.6. The Morgan fingerprint density at radius 2 is 2.16 bits per heavy atom.